The topological polar surface area (TPSA) is 58.6 Å². The van der Waals surface area contributed by atoms with E-state index in [4.69, 9.17) is 4.74 Å². The summed E-state index contributed by atoms with van der Waals surface area (Å²) in [5.74, 6) is -0.700. The average molecular weight is 266 g/mol. The average Bonchev–Trinajstić information content (AvgIpc) is 2.56. The Kier molecular flexibility index (Phi) is 3.53. The quantitative estimate of drug-likeness (QED) is 0.835. The van der Waals surface area contributed by atoms with Gasteiger partial charge in [-0.05, 0) is 24.6 Å². The summed E-state index contributed by atoms with van der Waals surface area (Å²) in [4.78, 5) is 25.1. The van der Waals surface area contributed by atoms with Crippen LogP contribution in [0.4, 0.5) is 9.18 Å². The van der Waals surface area contributed by atoms with Crippen molar-refractivity contribution in [1.29, 1.82) is 0 Å². The number of amides is 3. The summed E-state index contributed by atoms with van der Waals surface area (Å²) in [6.07, 6.45) is 0. The predicted molar refractivity (Wildman–Crippen MR) is 65.8 cm³/mol. The van der Waals surface area contributed by atoms with E-state index in [1.807, 2.05) is 0 Å². The maximum Gasteiger partial charge on any atom is 0.325 e. The summed E-state index contributed by atoms with van der Waals surface area (Å²) in [6, 6.07) is 5.21. The van der Waals surface area contributed by atoms with E-state index in [1.54, 1.807) is 19.1 Å². The van der Waals surface area contributed by atoms with Gasteiger partial charge in [-0.25, -0.2) is 9.18 Å². The molecule has 3 amide bonds. The third-order valence-corrected chi connectivity index (χ3v) is 3.03. The molecular weight excluding hydrogens is 251 g/mol. The molecule has 19 heavy (non-hydrogen) atoms. The number of methoxy groups -OCH3 is 1. The van der Waals surface area contributed by atoms with Crippen LogP contribution < -0.4 is 5.32 Å². The van der Waals surface area contributed by atoms with E-state index in [-0.39, 0.29) is 24.9 Å². The summed E-state index contributed by atoms with van der Waals surface area (Å²) in [7, 11) is 1.47. The van der Waals surface area contributed by atoms with Gasteiger partial charge in [0.1, 0.15) is 11.4 Å². The minimum Gasteiger partial charge on any atom is -0.382 e. The Hall–Kier alpha value is -1.95. The molecule has 1 saturated heterocycles. The Labute approximate surface area is 110 Å². The number of benzene rings is 1. The van der Waals surface area contributed by atoms with Crippen LogP contribution in [0.5, 0.6) is 0 Å². The number of rotatable bonds is 4. The molecule has 0 aromatic heterocycles. The van der Waals surface area contributed by atoms with Crippen molar-refractivity contribution in [1.82, 2.24) is 10.2 Å². The molecule has 1 heterocycles. The van der Waals surface area contributed by atoms with Crippen LogP contribution in [0, 0.1) is 5.82 Å². The van der Waals surface area contributed by atoms with Gasteiger partial charge >= 0.3 is 6.03 Å². The highest BCUT2D eigenvalue weighted by atomic mass is 19.1. The predicted octanol–water partition coefficient (Wildman–Crippen LogP) is 1.28. The van der Waals surface area contributed by atoms with Gasteiger partial charge in [0.15, 0.2) is 0 Å². The molecule has 1 aliphatic heterocycles. The number of halogens is 1. The van der Waals surface area contributed by atoms with Crippen LogP contribution in [0.25, 0.3) is 0 Å². The third kappa shape index (κ3) is 2.58. The van der Waals surface area contributed by atoms with Crippen molar-refractivity contribution in [3.05, 3.63) is 35.6 Å². The number of urea groups is 1. The third-order valence-electron chi connectivity index (χ3n) is 3.03. The molecule has 2 rings (SSSR count). The molecule has 1 aromatic carbocycles. The molecule has 5 nitrogen and oxygen atoms in total. The van der Waals surface area contributed by atoms with Gasteiger partial charge < -0.3 is 10.1 Å². The smallest absolute Gasteiger partial charge is 0.325 e. The van der Waals surface area contributed by atoms with Crippen LogP contribution in [-0.4, -0.2) is 36.1 Å². The number of hydrogen-bond donors (Lipinski definition) is 1. The lowest BCUT2D eigenvalue weighted by Crippen LogP contribution is -2.47. The maximum absolute atomic E-state index is 12.8. The largest absolute Gasteiger partial charge is 0.382 e. The molecule has 0 unspecified atom stereocenters. The van der Waals surface area contributed by atoms with Crippen molar-refractivity contribution in [2.45, 2.75) is 19.0 Å². The first kappa shape index (κ1) is 13.5. The minimum atomic E-state index is -1.04. The Bertz CT molecular complexity index is 503. The number of carbonyl (C=O) groups is 2. The molecule has 1 atom stereocenters. The van der Waals surface area contributed by atoms with Crippen molar-refractivity contribution in [3.8, 4) is 0 Å². The number of nitrogens with one attached hydrogen (secondary N) is 1. The Morgan fingerprint density at radius 3 is 2.53 bits per heavy atom. The monoisotopic (exact) mass is 266 g/mol. The van der Waals surface area contributed by atoms with Crippen LogP contribution in [0.2, 0.25) is 0 Å². The van der Waals surface area contributed by atoms with Crippen molar-refractivity contribution < 1.29 is 18.7 Å². The summed E-state index contributed by atoms with van der Waals surface area (Å²) in [5.41, 5.74) is -0.349. The minimum absolute atomic E-state index is 0.109. The van der Waals surface area contributed by atoms with Crippen LogP contribution in [0.1, 0.15) is 12.5 Å². The summed E-state index contributed by atoms with van der Waals surface area (Å²) in [5, 5.41) is 2.60. The van der Waals surface area contributed by atoms with E-state index in [9.17, 15) is 14.0 Å². The fraction of sp³-hybridized carbons (Fsp3) is 0.385. The summed E-state index contributed by atoms with van der Waals surface area (Å²) >= 11 is 0. The molecule has 1 aliphatic rings. The zero-order chi connectivity index (χ0) is 14.0. The number of carbonyl (C=O) groups excluding carboxylic acids is 2. The molecule has 1 aromatic rings. The van der Waals surface area contributed by atoms with Gasteiger partial charge in [-0.15, -0.1) is 0 Å². The van der Waals surface area contributed by atoms with Crippen molar-refractivity contribution in [2.75, 3.05) is 13.7 Å². The summed E-state index contributed by atoms with van der Waals surface area (Å²) in [6.45, 7) is 1.84. The molecule has 0 saturated carbocycles. The van der Waals surface area contributed by atoms with Crippen LogP contribution in [0.15, 0.2) is 24.3 Å². The second-order valence-electron chi connectivity index (χ2n) is 4.71. The molecule has 0 aliphatic carbocycles. The first-order valence-electron chi connectivity index (χ1n) is 5.84. The standard InChI is InChI=1S/C13H15FN2O3/c1-13(8-19-2)11(17)16(12(18)15-13)7-9-3-5-10(14)6-4-9/h3-6H,7-8H2,1-2H3,(H,15,18)/t13-/m0/s1. The highest BCUT2D eigenvalue weighted by Gasteiger charge is 2.47. The lowest BCUT2D eigenvalue weighted by molar-refractivity contribution is -0.132. The van der Waals surface area contributed by atoms with Gasteiger partial charge in [0.05, 0.1) is 13.2 Å². The van der Waals surface area contributed by atoms with Gasteiger partial charge in [-0.2, -0.15) is 0 Å². The fourth-order valence-electron chi connectivity index (χ4n) is 2.05. The SMILES string of the molecule is COC[C@]1(C)NC(=O)N(Cc2ccc(F)cc2)C1=O. The van der Waals surface area contributed by atoms with Crippen molar-refractivity contribution in [3.63, 3.8) is 0 Å². The second-order valence-corrected chi connectivity index (χ2v) is 4.71. The molecule has 1 fully saturated rings. The van der Waals surface area contributed by atoms with Crippen LogP contribution in [-0.2, 0) is 16.1 Å². The maximum atomic E-state index is 12.8. The zero-order valence-corrected chi connectivity index (χ0v) is 10.8. The first-order chi connectivity index (χ1) is 8.96. The molecule has 1 N–H and O–H groups in total. The Morgan fingerprint density at radius 2 is 1.95 bits per heavy atom. The van der Waals surface area contributed by atoms with Gasteiger partial charge in [0, 0.05) is 7.11 Å². The van der Waals surface area contributed by atoms with Crippen LogP contribution in [0.3, 0.4) is 0 Å². The van der Waals surface area contributed by atoms with E-state index in [0.29, 0.717) is 5.56 Å². The van der Waals surface area contributed by atoms with Gasteiger partial charge in [-0.3, -0.25) is 9.69 Å². The van der Waals surface area contributed by atoms with Crippen LogP contribution >= 0.6 is 0 Å². The number of imide groups is 1. The molecule has 0 bridgehead atoms. The normalized spacial score (nSPS) is 22.8. The molecule has 102 valence electrons. The zero-order valence-electron chi connectivity index (χ0n) is 10.8. The van der Waals surface area contributed by atoms with E-state index in [1.165, 1.54) is 19.2 Å². The van der Waals surface area contributed by atoms with E-state index < -0.39 is 11.6 Å². The number of nitrogens with zero attached hydrogens (tertiary/aromatic N) is 1. The first-order valence-corrected chi connectivity index (χ1v) is 5.84. The summed E-state index contributed by atoms with van der Waals surface area (Å²) < 4.78 is 17.8. The Balaban J connectivity index is 2.15. The molecule has 0 radical (unpaired) electrons. The number of ether oxygens (including phenoxy) is 1. The van der Waals surface area contributed by atoms with Crippen molar-refractivity contribution in [2.24, 2.45) is 0 Å². The Morgan fingerprint density at radius 1 is 1.32 bits per heavy atom. The molecule has 6 heteroatoms. The highest BCUT2D eigenvalue weighted by Crippen LogP contribution is 2.20. The van der Waals surface area contributed by atoms with Gasteiger partial charge in [0.2, 0.25) is 0 Å². The molecule has 0 spiro atoms. The van der Waals surface area contributed by atoms with E-state index in [0.717, 1.165) is 4.90 Å². The lowest BCUT2D eigenvalue weighted by Gasteiger charge is -2.20. The van der Waals surface area contributed by atoms with E-state index >= 15 is 0 Å². The fourth-order valence-corrected chi connectivity index (χ4v) is 2.05. The van der Waals surface area contributed by atoms with Crippen molar-refractivity contribution >= 4 is 11.9 Å². The van der Waals surface area contributed by atoms with Gasteiger partial charge in [0.25, 0.3) is 5.91 Å². The number of hydrogen-bond acceptors (Lipinski definition) is 3. The lowest BCUT2D eigenvalue weighted by atomic mass is 10.0. The van der Waals surface area contributed by atoms with E-state index in [2.05, 4.69) is 5.32 Å². The second kappa shape index (κ2) is 4.97. The van der Waals surface area contributed by atoms with Gasteiger partial charge in [-0.1, -0.05) is 12.1 Å². The molecular formula is C13H15FN2O3. The highest BCUT2D eigenvalue weighted by molar-refractivity contribution is 6.06.